The summed E-state index contributed by atoms with van der Waals surface area (Å²) in [4.78, 5) is 0. The fourth-order valence-corrected chi connectivity index (χ4v) is 0.839. The van der Waals surface area contributed by atoms with Crippen LogP contribution in [0.2, 0.25) is 0 Å². The van der Waals surface area contributed by atoms with Gasteiger partial charge in [0.1, 0.15) is 0 Å². The number of aliphatic hydroxyl groups is 4. The fraction of sp³-hybridized carbons (Fsp3) is 1.00. The Morgan fingerprint density at radius 3 is 1.52 bits per heavy atom. The highest BCUT2D eigenvalue weighted by Crippen LogP contribution is 1.91. The maximum atomic E-state index is 8.73. The molecule has 0 saturated carbocycles. The molecule has 0 aliphatic carbocycles. The summed E-state index contributed by atoms with van der Waals surface area (Å²) in [5.74, 6) is 0. The van der Waals surface area contributed by atoms with Crippen molar-refractivity contribution in [2.75, 3.05) is 41.2 Å². The van der Waals surface area contributed by atoms with Crippen LogP contribution in [0, 0.1) is 0 Å². The molecule has 21 heavy (non-hydrogen) atoms. The molecule has 2 atom stereocenters. The molecule has 6 nitrogen and oxygen atoms in total. The molecular formula is C15H38O6. The molecule has 0 bridgehead atoms. The number of methoxy groups -OCH3 is 2. The summed E-state index contributed by atoms with van der Waals surface area (Å²) in [6, 6.07) is 0. The molecule has 0 heterocycles. The third-order valence-electron chi connectivity index (χ3n) is 2.33. The van der Waals surface area contributed by atoms with Crippen molar-refractivity contribution in [2.45, 2.75) is 58.7 Å². The number of hydrogen-bond acceptors (Lipinski definition) is 6. The highest BCUT2D eigenvalue weighted by molar-refractivity contribution is 4.47. The van der Waals surface area contributed by atoms with Crippen molar-refractivity contribution in [1.29, 1.82) is 0 Å². The monoisotopic (exact) mass is 314 g/mol. The Morgan fingerprint density at radius 1 is 0.952 bits per heavy atom. The van der Waals surface area contributed by atoms with E-state index < -0.39 is 0 Å². The van der Waals surface area contributed by atoms with Crippen LogP contribution >= 0.6 is 0 Å². The van der Waals surface area contributed by atoms with Crippen LogP contribution < -0.4 is 0 Å². The number of unbranched alkanes of at least 4 members (excludes halogenated alkanes) is 1. The molecule has 4 N–H and O–H groups in total. The first-order valence-electron chi connectivity index (χ1n) is 7.43. The molecule has 0 aromatic heterocycles. The average Bonchev–Trinajstić information content (AvgIpc) is 2.53. The molecule has 0 rings (SSSR count). The van der Waals surface area contributed by atoms with Crippen molar-refractivity contribution >= 4 is 0 Å². The third kappa shape index (κ3) is 38.3. The van der Waals surface area contributed by atoms with Gasteiger partial charge >= 0.3 is 0 Å². The van der Waals surface area contributed by atoms with Crippen LogP contribution in [0.4, 0.5) is 0 Å². The molecule has 134 valence electrons. The zero-order valence-corrected chi connectivity index (χ0v) is 14.7. The molecule has 0 aliphatic heterocycles. The topological polar surface area (TPSA) is 99.4 Å². The van der Waals surface area contributed by atoms with E-state index in [1.807, 2.05) is 13.8 Å². The van der Waals surface area contributed by atoms with Gasteiger partial charge < -0.3 is 29.9 Å². The van der Waals surface area contributed by atoms with Crippen LogP contribution in [0.15, 0.2) is 0 Å². The molecule has 0 fully saturated rings. The smallest absolute Gasteiger partial charge is 0.0799 e. The highest BCUT2D eigenvalue weighted by Gasteiger charge is 1.97. The summed E-state index contributed by atoms with van der Waals surface area (Å²) >= 11 is 0. The van der Waals surface area contributed by atoms with Gasteiger partial charge in [0.05, 0.1) is 25.4 Å². The lowest BCUT2D eigenvalue weighted by Crippen LogP contribution is -2.13. The Morgan fingerprint density at radius 2 is 1.48 bits per heavy atom. The Labute approximate surface area is 130 Å². The Hall–Kier alpha value is -0.240. The van der Waals surface area contributed by atoms with Crippen LogP contribution in [0.3, 0.4) is 0 Å². The van der Waals surface area contributed by atoms with E-state index >= 15 is 0 Å². The second-order valence-corrected chi connectivity index (χ2v) is 4.04. The van der Waals surface area contributed by atoms with Crippen LogP contribution in [0.5, 0.6) is 0 Å². The van der Waals surface area contributed by atoms with Gasteiger partial charge in [-0.05, 0) is 19.3 Å². The van der Waals surface area contributed by atoms with E-state index in [1.54, 1.807) is 14.2 Å². The molecular weight excluding hydrogens is 276 g/mol. The van der Waals surface area contributed by atoms with E-state index in [1.165, 1.54) is 0 Å². The zero-order valence-electron chi connectivity index (χ0n) is 14.7. The SMILES string of the molecule is CCC(CO)OC.CCC(O)COC.CCCCO.CO. The second-order valence-electron chi connectivity index (χ2n) is 4.04. The van der Waals surface area contributed by atoms with E-state index in [4.69, 9.17) is 25.2 Å². The van der Waals surface area contributed by atoms with Gasteiger partial charge in [-0.2, -0.15) is 0 Å². The van der Waals surface area contributed by atoms with E-state index in [0.717, 1.165) is 32.8 Å². The van der Waals surface area contributed by atoms with E-state index in [-0.39, 0.29) is 18.8 Å². The Kier molecular flexibility index (Phi) is 43.9. The minimum Gasteiger partial charge on any atom is -0.400 e. The lowest BCUT2D eigenvalue weighted by Gasteiger charge is -2.06. The molecule has 0 amide bonds. The van der Waals surface area contributed by atoms with Crippen LogP contribution in [0.25, 0.3) is 0 Å². The van der Waals surface area contributed by atoms with Gasteiger partial charge in [-0.1, -0.05) is 27.2 Å². The lowest BCUT2D eigenvalue weighted by atomic mass is 10.3. The minimum atomic E-state index is -0.273. The van der Waals surface area contributed by atoms with Gasteiger partial charge in [-0.15, -0.1) is 0 Å². The molecule has 6 heteroatoms. The maximum absolute atomic E-state index is 8.73. The molecule has 0 aliphatic rings. The summed E-state index contributed by atoms with van der Waals surface area (Å²) in [5.41, 5.74) is 0. The summed E-state index contributed by atoms with van der Waals surface area (Å²) in [7, 11) is 4.18. The maximum Gasteiger partial charge on any atom is 0.0799 e. The van der Waals surface area contributed by atoms with E-state index in [0.29, 0.717) is 13.2 Å². The van der Waals surface area contributed by atoms with Crippen molar-refractivity contribution in [3.05, 3.63) is 0 Å². The van der Waals surface area contributed by atoms with Crippen LogP contribution in [0.1, 0.15) is 46.5 Å². The van der Waals surface area contributed by atoms with Gasteiger partial charge in [0.25, 0.3) is 0 Å². The zero-order chi connectivity index (χ0) is 17.5. The van der Waals surface area contributed by atoms with Gasteiger partial charge in [-0.25, -0.2) is 0 Å². The molecule has 2 unspecified atom stereocenters. The molecule has 0 radical (unpaired) electrons. The summed E-state index contributed by atoms with van der Waals surface area (Å²) in [6.45, 7) is 6.88. The predicted octanol–water partition coefficient (Wildman–Crippen LogP) is 1.19. The molecule has 0 saturated heterocycles. The fourth-order valence-electron chi connectivity index (χ4n) is 0.839. The summed E-state index contributed by atoms with van der Waals surface area (Å²) < 4.78 is 9.44. The second kappa shape index (κ2) is 31.9. The number of rotatable bonds is 8. The summed E-state index contributed by atoms with van der Waals surface area (Å²) in [5, 5.41) is 32.2. The largest absolute Gasteiger partial charge is 0.400 e. The summed E-state index contributed by atoms with van der Waals surface area (Å²) in [6.07, 6.45) is 3.46. The predicted molar refractivity (Wildman–Crippen MR) is 86.5 cm³/mol. The van der Waals surface area contributed by atoms with E-state index in [9.17, 15) is 0 Å². The Bertz CT molecular complexity index is 124. The first-order chi connectivity index (χ1) is 10.1. The minimum absolute atomic E-state index is 0.0417. The standard InChI is InChI=1S/2C5H12O2.C4H10O.CH4O/c1-3-5(6)4-7-2;1-3-5(4-6)7-2;1-2-3-4-5;1-2/h2*5-6H,3-4H2,1-2H3;5H,2-4H2,1H3;2H,1H3. The van der Waals surface area contributed by atoms with Gasteiger partial charge in [0.15, 0.2) is 0 Å². The van der Waals surface area contributed by atoms with Crippen LogP contribution in [-0.2, 0) is 9.47 Å². The number of ether oxygens (including phenoxy) is 2. The van der Waals surface area contributed by atoms with Crippen LogP contribution in [-0.4, -0.2) is 73.8 Å². The van der Waals surface area contributed by atoms with Crippen molar-refractivity contribution in [2.24, 2.45) is 0 Å². The van der Waals surface area contributed by atoms with Gasteiger partial charge in [0, 0.05) is 27.9 Å². The normalized spacial score (nSPS) is 11.7. The molecule has 0 aromatic rings. The van der Waals surface area contributed by atoms with Gasteiger partial charge in [-0.3, -0.25) is 0 Å². The number of hydrogen-bond donors (Lipinski definition) is 4. The number of aliphatic hydroxyl groups excluding tert-OH is 4. The molecule has 0 spiro atoms. The Balaban J connectivity index is -0.0000000986. The average molecular weight is 314 g/mol. The highest BCUT2D eigenvalue weighted by atomic mass is 16.5. The van der Waals surface area contributed by atoms with Crippen molar-refractivity contribution in [3.8, 4) is 0 Å². The van der Waals surface area contributed by atoms with Crippen molar-refractivity contribution in [1.82, 2.24) is 0 Å². The first kappa shape index (κ1) is 28.9. The third-order valence-corrected chi connectivity index (χ3v) is 2.33. The van der Waals surface area contributed by atoms with Crippen molar-refractivity contribution in [3.63, 3.8) is 0 Å². The lowest BCUT2D eigenvalue weighted by molar-refractivity contribution is 0.0467. The van der Waals surface area contributed by atoms with Crippen molar-refractivity contribution < 1.29 is 29.9 Å². The quantitative estimate of drug-likeness (QED) is 0.537. The van der Waals surface area contributed by atoms with E-state index in [2.05, 4.69) is 11.7 Å². The first-order valence-corrected chi connectivity index (χ1v) is 7.43. The molecule has 0 aromatic carbocycles. The van der Waals surface area contributed by atoms with Gasteiger partial charge in [0.2, 0.25) is 0 Å².